The maximum absolute atomic E-state index is 11.8. The fourth-order valence-electron chi connectivity index (χ4n) is 1.76. The Labute approximate surface area is 136 Å². The quantitative estimate of drug-likeness (QED) is 0.545. The Hall–Kier alpha value is -1.06. The summed E-state index contributed by atoms with van der Waals surface area (Å²) in [5, 5.41) is 23.0. The van der Waals surface area contributed by atoms with Crippen molar-refractivity contribution < 1.29 is 18.6 Å². The van der Waals surface area contributed by atoms with Gasteiger partial charge in [0.2, 0.25) is 0 Å². The van der Waals surface area contributed by atoms with Crippen molar-refractivity contribution >= 4 is 28.3 Å². The van der Waals surface area contributed by atoms with Gasteiger partial charge < -0.3 is 15.5 Å². The van der Waals surface area contributed by atoms with Crippen molar-refractivity contribution in [2.24, 2.45) is 0 Å². The third-order valence-corrected chi connectivity index (χ3v) is 4.74. The summed E-state index contributed by atoms with van der Waals surface area (Å²) in [6.07, 6.45) is 1.49. The van der Waals surface area contributed by atoms with E-state index in [0.717, 1.165) is 17.1 Å². The van der Waals surface area contributed by atoms with Crippen LogP contribution in [0.1, 0.15) is 24.5 Å². The Balaban J connectivity index is 0.00000242. The van der Waals surface area contributed by atoms with E-state index in [1.807, 2.05) is 0 Å². The molecule has 0 spiro atoms. The molecule has 22 heavy (non-hydrogen) atoms. The highest BCUT2D eigenvalue weighted by Gasteiger charge is 2.22. The summed E-state index contributed by atoms with van der Waals surface area (Å²) in [5.41, 5.74) is 0.587. The normalized spacial score (nSPS) is 16.2. The zero-order chi connectivity index (χ0) is 15.6. The molecular formula is C13H22ClN3O4S. The standard InChI is InChI=1S/C13H21N3O4S.ClH/c1-16(2)21(19,20)15-11-7-9(3-6-12(11)17)13(18)8-14-10-4-5-10;/h3,6-7,10,13-15,17-18H,4-5,8H2,1-2H3;1H. The molecule has 0 heterocycles. The molecule has 0 saturated heterocycles. The zero-order valence-corrected chi connectivity index (χ0v) is 14.1. The highest BCUT2D eigenvalue weighted by Crippen LogP contribution is 2.28. The smallest absolute Gasteiger partial charge is 0.301 e. The summed E-state index contributed by atoms with van der Waals surface area (Å²) in [5.74, 6) is -0.188. The van der Waals surface area contributed by atoms with Crippen LogP contribution in [0, 0.1) is 0 Å². The van der Waals surface area contributed by atoms with Gasteiger partial charge in [0.25, 0.3) is 0 Å². The van der Waals surface area contributed by atoms with Gasteiger partial charge >= 0.3 is 10.2 Å². The second-order valence-electron chi connectivity index (χ2n) is 5.36. The van der Waals surface area contributed by atoms with Crippen molar-refractivity contribution in [1.82, 2.24) is 9.62 Å². The fourth-order valence-corrected chi connectivity index (χ4v) is 2.38. The van der Waals surface area contributed by atoms with Crippen LogP contribution in [0.4, 0.5) is 5.69 Å². The number of hydrogen-bond acceptors (Lipinski definition) is 5. The molecule has 1 aliphatic rings. The van der Waals surface area contributed by atoms with Crippen LogP contribution in [0.2, 0.25) is 0 Å². The molecule has 0 aliphatic heterocycles. The molecule has 1 aliphatic carbocycles. The maximum Gasteiger partial charge on any atom is 0.301 e. The summed E-state index contributed by atoms with van der Waals surface area (Å²) < 4.78 is 26.8. The lowest BCUT2D eigenvalue weighted by atomic mass is 10.1. The minimum atomic E-state index is -3.71. The predicted molar refractivity (Wildman–Crippen MR) is 87.6 cm³/mol. The van der Waals surface area contributed by atoms with Crippen LogP contribution >= 0.6 is 12.4 Å². The first-order valence-electron chi connectivity index (χ1n) is 6.74. The summed E-state index contributed by atoms with van der Waals surface area (Å²) >= 11 is 0. The average Bonchev–Trinajstić information content (AvgIpc) is 3.22. The highest BCUT2D eigenvalue weighted by atomic mass is 35.5. The van der Waals surface area contributed by atoms with Crippen molar-refractivity contribution in [3.63, 3.8) is 0 Å². The molecule has 1 fully saturated rings. The first kappa shape index (κ1) is 19.0. The van der Waals surface area contributed by atoms with Crippen molar-refractivity contribution in [3.8, 4) is 5.75 Å². The number of aliphatic hydroxyl groups is 1. The van der Waals surface area contributed by atoms with Crippen LogP contribution < -0.4 is 10.0 Å². The zero-order valence-electron chi connectivity index (χ0n) is 12.5. The Morgan fingerprint density at radius 1 is 1.36 bits per heavy atom. The topological polar surface area (TPSA) is 102 Å². The molecule has 1 atom stereocenters. The highest BCUT2D eigenvalue weighted by molar-refractivity contribution is 7.90. The van der Waals surface area contributed by atoms with Gasteiger partial charge in [-0.2, -0.15) is 12.7 Å². The van der Waals surface area contributed by atoms with Crippen LogP contribution in [-0.2, 0) is 10.2 Å². The SMILES string of the molecule is CN(C)S(=O)(=O)Nc1cc(C(O)CNC2CC2)ccc1O.Cl. The van der Waals surface area contributed by atoms with E-state index in [1.165, 1.54) is 26.2 Å². The van der Waals surface area contributed by atoms with Gasteiger partial charge in [0.05, 0.1) is 11.8 Å². The minimum Gasteiger partial charge on any atom is -0.506 e. The molecule has 126 valence electrons. The molecule has 0 amide bonds. The van der Waals surface area contributed by atoms with E-state index in [-0.39, 0.29) is 23.8 Å². The molecule has 9 heteroatoms. The van der Waals surface area contributed by atoms with Gasteiger partial charge in [-0.15, -0.1) is 12.4 Å². The van der Waals surface area contributed by atoms with Gasteiger partial charge in [-0.25, -0.2) is 0 Å². The van der Waals surface area contributed by atoms with Crippen LogP contribution in [0.5, 0.6) is 5.75 Å². The first-order valence-corrected chi connectivity index (χ1v) is 8.18. The Morgan fingerprint density at radius 3 is 2.55 bits per heavy atom. The summed E-state index contributed by atoms with van der Waals surface area (Å²) in [6.45, 7) is 0.398. The molecule has 1 saturated carbocycles. The van der Waals surface area contributed by atoms with Crippen LogP contribution in [0.25, 0.3) is 0 Å². The van der Waals surface area contributed by atoms with Gasteiger partial charge in [-0.05, 0) is 30.5 Å². The summed E-state index contributed by atoms with van der Waals surface area (Å²) in [4.78, 5) is 0. The lowest BCUT2D eigenvalue weighted by molar-refractivity contribution is 0.174. The molecule has 1 unspecified atom stereocenters. The minimum absolute atomic E-state index is 0. The lowest BCUT2D eigenvalue weighted by Gasteiger charge is -2.17. The molecule has 4 N–H and O–H groups in total. The molecule has 7 nitrogen and oxygen atoms in total. The lowest BCUT2D eigenvalue weighted by Crippen LogP contribution is -2.29. The average molecular weight is 352 g/mol. The third-order valence-electron chi connectivity index (χ3n) is 3.30. The number of anilines is 1. The van der Waals surface area contributed by atoms with Crippen LogP contribution in [0.15, 0.2) is 18.2 Å². The molecular weight excluding hydrogens is 330 g/mol. The molecule has 0 bridgehead atoms. The number of nitrogens with zero attached hydrogens (tertiary/aromatic N) is 1. The number of halogens is 1. The Bertz CT molecular complexity index is 605. The number of hydrogen-bond donors (Lipinski definition) is 4. The van der Waals surface area contributed by atoms with Gasteiger partial charge in [0.15, 0.2) is 0 Å². The van der Waals surface area contributed by atoms with E-state index >= 15 is 0 Å². The molecule has 1 aromatic carbocycles. The van der Waals surface area contributed by atoms with E-state index in [4.69, 9.17) is 0 Å². The second kappa shape index (κ2) is 7.47. The number of nitrogens with one attached hydrogen (secondary N) is 2. The number of aromatic hydroxyl groups is 1. The number of aliphatic hydroxyl groups excluding tert-OH is 1. The largest absolute Gasteiger partial charge is 0.506 e. The second-order valence-corrected chi connectivity index (χ2v) is 7.25. The molecule has 0 radical (unpaired) electrons. The first-order chi connectivity index (χ1) is 9.79. The monoisotopic (exact) mass is 351 g/mol. The van der Waals surface area contributed by atoms with Gasteiger partial charge in [-0.3, -0.25) is 4.72 Å². The van der Waals surface area contributed by atoms with Crippen molar-refractivity contribution in [2.75, 3.05) is 25.4 Å². The number of phenolic OH excluding ortho intramolecular Hbond substituents is 1. The van der Waals surface area contributed by atoms with Crippen molar-refractivity contribution in [1.29, 1.82) is 0 Å². The van der Waals surface area contributed by atoms with E-state index in [1.54, 1.807) is 6.07 Å². The Kier molecular flexibility index (Phi) is 6.45. The van der Waals surface area contributed by atoms with Crippen molar-refractivity contribution in [3.05, 3.63) is 23.8 Å². The van der Waals surface area contributed by atoms with E-state index < -0.39 is 16.3 Å². The summed E-state index contributed by atoms with van der Waals surface area (Å²) in [7, 11) is -0.933. The van der Waals surface area contributed by atoms with Gasteiger partial charge in [0.1, 0.15) is 5.75 Å². The number of rotatable bonds is 7. The predicted octanol–water partition coefficient (Wildman–Crippen LogP) is 0.818. The van der Waals surface area contributed by atoms with Gasteiger partial charge in [-0.1, -0.05) is 6.07 Å². The fraction of sp³-hybridized carbons (Fsp3) is 0.538. The van der Waals surface area contributed by atoms with Crippen LogP contribution in [0.3, 0.4) is 0 Å². The van der Waals surface area contributed by atoms with Gasteiger partial charge in [0, 0.05) is 26.7 Å². The molecule has 0 aromatic heterocycles. The van der Waals surface area contributed by atoms with Crippen LogP contribution in [-0.4, -0.2) is 49.6 Å². The molecule has 1 aromatic rings. The van der Waals surface area contributed by atoms with E-state index in [2.05, 4.69) is 10.0 Å². The summed E-state index contributed by atoms with van der Waals surface area (Å²) in [6, 6.07) is 4.85. The molecule has 2 rings (SSSR count). The van der Waals surface area contributed by atoms with E-state index in [0.29, 0.717) is 18.2 Å². The number of benzene rings is 1. The maximum atomic E-state index is 11.8. The van der Waals surface area contributed by atoms with E-state index in [9.17, 15) is 18.6 Å². The Morgan fingerprint density at radius 2 is 2.00 bits per heavy atom. The third kappa shape index (κ3) is 4.99. The van der Waals surface area contributed by atoms with Crippen molar-refractivity contribution in [2.45, 2.75) is 25.0 Å². The number of phenols is 1.